The van der Waals surface area contributed by atoms with Crippen molar-refractivity contribution < 1.29 is 4.92 Å². The second-order valence-corrected chi connectivity index (χ2v) is 5.30. The van der Waals surface area contributed by atoms with Crippen LogP contribution in [0.25, 0.3) is 11.4 Å². The summed E-state index contributed by atoms with van der Waals surface area (Å²) < 4.78 is 0.701. The summed E-state index contributed by atoms with van der Waals surface area (Å²) in [4.78, 5) is 18.8. The van der Waals surface area contributed by atoms with Crippen LogP contribution in [0, 0.1) is 10.1 Å². The molecule has 0 fully saturated rings. The second-order valence-electron chi connectivity index (χ2n) is 4.15. The van der Waals surface area contributed by atoms with Gasteiger partial charge in [0, 0.05) is 17.7 Å². The Balaban J connectivity index is 2.44. The number of halogens is 2. The average Bonchev–Trinajstić information content (AvgIpc) is 2.44. The lowest BCUT2D eigenvalue weighted by Gasteiger charge is -2.07. The first-order chi connectivity index (χ1) is 9.52. The Bertz CT molecular complexity index is 647. The van der Waals surface area contributed by atoms with Crippen molar-refractivity contribution in [2.24, 2.45) is 0 Å². The normalized spacial score (nSPS) is 10.6. The van der Waals surface area contributed by atoms with Crippen molar-refractivity contribution in [3.8, 4) is 11.4 Å². The fourth-order valence-corrected chi connectivity index (χ4v) is 2.29. The predicted octanol–water partition coefficient (Wildman–Crippen LogP) is 4.42. The zero-order valence-electron chi connectivity index (χ0n) is 10.6. The van der Waals surface area contributed by atoms with Crippen molar-refractivity contribution in [3.05, 3.63) is 49.7 Å². The highest BCUT2D eigenvalue weighted by molar-refractivity contribution is 9.10. The van der Waals surface area contributed by atoms with Gasteiger partial charge in [-0.3, -0.25) is 10.1 Å². The van der Waals surface area contributed by atoms with E-state index in [0.29, 0.717) is 21.0 Å². The summed E-state index contributed by atoms with van der Waals surface area (Å²) in [6.45, 7) is 2.05. The van der Waals surface area contributed by atoms with Crippen LogP contribution in [0.3, 0.4) is 0 Å². The number of aryl methyl sites for hydroxylation is 1. The third-order valence-electron chi connectivity index (χ3n) is 2.70. The maximum absolute atomic E-state index is 10.6. The van der Waals surface area contributed by atoms with E-state index in [4.69, 9.17) is 11.6 Å². The van der Waals surface area contributed by atoms with Gasteiger partial charge in [-0.2, -0.15) is 0 Å². The molecule has 5 nitrogen and oxygen atoms in total. The minimum absolute atomic E-state index is 0.0331. The summed E-state index contributed by atoms with van der Waals surface area (Å²) in [5.41, 5.74) is 1.56. The molecular formula is C13H11BrClN3O2. The van der Waals surface area contributed by atoms with E-state index in [1.807, 2.05) is 6.92 Å². The summed E-state index contributed by atoms with van der Waals surface area (Å²) in [7, 11) is 0. The summed E-state index contributed by atoms with van der Waals surface area (Å²) >= 11 is 9.45. The second kappa shape index (κ2) is 6.28. The van der Waals surface area contributed by atoms with Gasteiger partial charge in [0.25, 0.3) is 5.69 Å². The van der Waals surface area contributed by atoms with Crippen LogP contribution in [-0.4, -0.2) is 14.9 Å². The van der Waals surface area contributed by atoms with Crippen LogP contribution in [0.2, 0.25) is 5.15 Å². The molecule has 20 heavy (non-hydrogen) atoms. The van der Waals surface area contributed by atoms with Crippen molar-refractivity contribution in [2.75, 3.05) is 0 Å². The molecule has 1 aromatic carbocycles. The largest absolute Gasteiger partial charge is 0.269 e. The van der Waals surface area contributed by atoms with Gasteiger partial charge in [-0.15, -0.1) is 0 Å². The lowest BCUT2D eigenvalue weighted by Crippen LogP contribution is -1.98. The highest BCUT2D eigenvalue weighted by Crippen LogP contribution is 2.28. The zero-order valence-corrected chi connectivity index (χ0v) is 13.0. The molecule has 1 heterocycles. The number of nitro benzene ring substituents is 1. The standard InChI is InChI=1S/C13H11BrClN3O2/c1-2-3-10-11(14)12(15)17-13(16-10)8-4-6-9(7-5-8)18(19)20/h4-7H,2-3H2,1H3. The highest BCUT2D eigenvalue weighted by atomic mass is 79.9. The Kier molecular flexibility index (Phi) is 4.67. The Hall–Kier alpha value is -1.53. The average molecular weight is 357 g/mol. The van der Waals surface area contributed by atoms with E-state index in [2.05, 4.69) is 25.9 Å². The maximum atomic E-state index is 10.6. The minimum atomic E-state index is -0.443. The Labute approximate surface area is 129 Å². The molecule has 0 radical (unpaired) electrons. The van der Waals surface area contributed by atoms with Gasteiger partial charge >= 0.3 is 0 Å². The van der Waals surface area contributed by atoms with E-state index in [9.17, 15) is 10.1 Å². The molecule has 0 spiro atoms. The van der Waals surface area contributed by atoms with Gasteiger partial charge < -0.3 is 0 Å². The van der Waals surface area contributed by atoms with Crippen LogP contribution in [0.4, 0.5) is 5.69 Å². The zero-order chi connectivity index (χ0) is 14.7. The topological polar surface area (TPSA) is 68.9 Å². The van der Waals surface area contributed by atoms with Crippen LogP contribution in [0.5, 0.6) is 0 Å². The van der Waals surface area contributed by atoms with Crippen molar-refractivity contribution in [3.63, 3.8) is 0 Å². The third-order valence-corrected chi connectivity index (χ3v) is 4.04. The summed E-state index contributed by atoms with van der Waals surface area (Å²) in [6.07, 6.45) is 1.72. The molecule has 0 N–H and O–H groups in total. The van der Waals surface area contributed by atoms with Crippen LogP contribution >= 0.6 is 27.5 Å². The molecule has 0 unspecified atom stereocenters. The summed E-state index contributed by atoms with van der Waals surface area (Å²) in [6, 6.07) is 6.09. The Morgan fingerprint density at radius 3 is 2.50 bits per heavy atom. The summed E-state index contributed by atoms with van der Waals surface area (Å²) in [5, 5.41) is 11.0. The molecule has 1 aromatic heterocycles. The number of rotatable bonds is 4. The van der Waals surface area contributed by atoms with Crippen LogP contribution in [-0.2, 0) is 6.42 Å². The van der Waals surface area contributed by atoms with Crippen LogP contribution in [0.15, 0.2) is 28.7 Å². The molecule has 104 valence electrons. The molecule has 2 aromatic rings. The van der Waals surface area contributed by atoms with Gasteiger partial charge in [0.1, 0.15) is 5.15 Å². The van der Waals surface area contributed by atoms with Crippen LogP contribution < -0.4 is 0 Å². The predicted molar refractivity (Wildman–Crippen MR) is 80.8 cm³/mol. The van der Waals surface area contributed by atoms with Crippen molar-refractivity contribution >= 4 is 33.2 Å². The number of hydrogen-bond donors (Lipinski definition) is 0. The number of non-ortho nitro benzene ring substituents is 1. The Morgan fingerprint density at radius 1 is 1.30 bits per heavy atom. The van der Waals surface area contributed by atoms with Crippen molar-refractivity contribution in [2.45, 2.75) is 19.8 Å². The molecule has 7 heteroatoms. The third kappa shape index (κ3) is 3.13. The van der Waals surface area contributed by atoms with E-state index >= 15 is 0 Å². The molecular weight excluding hydrogens is 346 g/mol. The maximum Gasteiger partial charge on any atom is 0.269 e. The van der Waals surface area contributed by atoms with Gasteiger partial charge in [0.05, 0.1) is 15.1 Å². The van der Waals surface area contributed by atoms with E-state index in [-0.39, 0.29) is 5.69 Å². The number of nitro groups is 1. The van der Waals surface area contributed by atoms with Gasteiger partial charge in [-0.05, 0) is 34.5 Å². The van der Waals surface area contributed by atoms with Crippen LogP contribution in [0.1, 0.15) is 19.0 Å². The minimum Gasteiger partial charge on any atom is -0.258 e. The molecule has 2 rings (SSSR count). The SMILES string of the molecule is CCCc1nc(-c2ccc([N+](=O)[O-])cc2)nc(Cl)c1Br. The number of hydrogen-bond acceptors (Lipinski definition) is 4. The van der Waals surface area contributed by atoms with Gasteiger partial charge in [0.15, 0.2) is 5.82 Å². The quantitative estimate of drug-likeness (QED) is 0.462. The fourth-order valence-electron chi connectivity index (χ4n) is 1.73. The molecule has 0 aliphatic carbocycles. The molecule has 0 bridgehead atoms. The smallest absolute Gasteiger partial charge is 0.258 e. The first-order valence-electron chi connectivity index (χ1n) is 5.99. The number of benzene rings is 1. The monoisotopic (exact) mass is 355 g/mol. The Morgan fingerprint density at radius 2 is 1.95 bits per heavy atom. The van der Waals surface area contributed by atoms with E-state index in [1.165, 1.54) is 12.1 Å². The van der Waals surface area contributed by atoms with Crippen molar-refractivity contribution in [1.29, 1.82) is 0 Å². The highest BCUT2D eigenvalue weighted by Gasteiger charge is 2.12. The molecule has 0 aliphatic rings. The van der Waals surface area contributed by atoms with E-state index in [1.54, 1.807) is 12.1 Å². The number of aromatic nitrogens is 2. The van der Waals surface area contributed by atoms with Gasteiger partial charge in [0.2, 0.25) is 0 Å². The molecule has 0 aliphatic heterocycles. The van der Waals surface area contributed by atoms with E-state index < -0.39 is 4.92 Å². The number of nitrogens with zero attached hydrogens (tertiary/aromatic N) is 3. The molecule has 0 atom stereocenters. The summed E-state index contributed by atoms with van der Waals surface area (Å²) in [5.74, 6) is 0.469. The molecule has 0 saturated carbocycles. The first kappa shape index (κ1) is 14.9. The van der Waals surface area contributed by atoms with Crippen molar-refractivity contribution in [1.82, 2.24) is 9.97 Å². The lowest BCUT2D eigenvalue weighted by atomic mass is 10.2. The van der Waals surface area contributed by atoms with Gasteiger partial charge in [-0.1, -0.05) is 24.9 Å². The van der Waals surface area contributed by atoms with E-state index in [0.717, 1.165) is 18.5 Å². The first-order valence-corrected chi connectivity index (χ1v) is 7.16. The molecule has 0 amide bonds. The lowest BCUT2D eigenvalue weighted by molar-refractivity contribution is -0.384. The van der Waals surface area contributed by atoms with Gasteiger partial charge in [-0.25, -0.2) is 9.97 Å². The molecule has 0 saturated heterocycles. The fraction of sp³-hybridized carbons (Fsp3) is 0.231.